The Bertz CT molecular complexity index is 1140. The van der Waals surface area contributed by atoms with Crippen molar-refractivity contribution in [3.05, 3.63) is 99.6 Å². The molecule has 9 heteroatoms. The van der Waals surface area contributed by atoms with Gasteiger partial charge >= 0.3 is 5.97 Å². The predicted molar refractivity (Wildman–Crippen MR) is 117 cm³/mol. The normalized spacial score (nSPS) is 10.5. The molecule has 0 fully saturated rings. The van der Waals surface area contributed by atoms with E-state index < -0.39 is 16.8 Å². The van der Waals surface area contributed by atoms with Crippen LogP contribution in [0.25, 0.3) is 0 Å². The summed E-state index contributed by atoms with van der Waals surface area (Å²) >= 11 is 0. The number of non-ortho nitro benzene ring substituents is 1. The summed E-state index contributed by atoms with van der Waals surface area (Å²) in [6.45, 7) is 1.53. The number of ether oxygens (including phenoxy) is 2. The molecule has 0 unspecified atom stereocenters. The maximum Gasteiger partial charge on any atom is 0.343 e. The highest BCUT2D eigenvalue weighted by atomic mass is 16.6. The molecule has 1 amide bonds. The van der Waals surface area contributed by atoms with E-state index in [2.05, 4.69) is 10.5 Å². The number of esters is 1. The van der Waals surface area contributed by atoms with Crippen LogP contribution in [-0.4, -0.2) is 29.6 Å². The maximum atomic E-state index is 12.2. The van der Waals surface area contributed by atoms with Crippen LogP contribution in [-0.2, 0) is 4.79 Å². The second kappa shape index (κ2) is 10.5. The number of nitrogens with one attached hydrogen (secondary N) is 1. The van der Waals surface area contributed by atoms with Gasteiger partial charge in [-0.2, -0.15) is 5.10 Å². The van der Waals surface area contributed by atoms with E-state index in [0.29, 0.717) is 22.6 Å². The number of nitro groups is 1. The summed E-state index contributed by atoms with van der Waals surface area (Å²) in [7, 11) is 0. The van der Waals surface area contributed by atoms with E-state index in [-0.39, 0.29) is 12.3 Å². The smallest absolute Gasteiger partial charge is 0.343 e. The van der Waals surface area contributed by atoms with E-state index in [4.69, 9.17) is 9.47 Å². The lowest BCUT2D eigenvalue weighted by Crippen LogP contribution is -2.24. The fourth-order valence-corrected chi connectivity index (χ4v) is 2.61. The standard InChI is InChI=1S/C23H19N3O6/c1-16-4-2-3-5-21(16)23(28)32-20-10-6-17(7-11-20)14-24-25-22(27)15-31-19-12-8-18(9-13-19)26(29)30/h2-14H,15H2,1H3,(H,25,27)/b24-14+. The molecule has 0 aliphatic heterocycles. The Morgan fingerprint density at radius 3 is 2.31 bits per heavy atom. The number of hydrogen-bond acceptors (Lipinski definition) is 7. The zero-order chi connectivity index (χ0) is 22.9. The van der Waals surface area contributed by atoms with Gasteiger partial charge in [0.05, 0.1) is 16.7 Å². The van der Waals surface area contributed by atoms with Crippen LogP contribution in [0.3, 0.4) is 0 Å². The molecule has 0 saturated carbocycles. The average molecular weight is 433 g/mol. The molecular weight excluding hydrogens is 414 g/mol. The minimum atomic E-state index is -0.522. The Balaban J connectivity index is 1.46. The van der Waals surface area contributed by atoms with Gasteiger partial charge in [-0.25, -0.2) is 10.2 Å². The third kappa shape index (κ3) is 6.23. The van der Waals surface area contributed by atoms with Crippen LogP contribution in [0, 0.1) is 17.0 Å². The Morgan fingerprint density at radius 2 is 1.66 bits per heavy atom. The molecule has 3 rings (SSSR count). The topological polar surface area (TPSA) is 120 Å². The fraction of sp³-hybridized carbons (Fsp3) is 0.0870. The minimum absolute atomic E-state index is 0.0673. The van der Waals surface area contributed by atoms with Crippen LogP contribution in [0.4, 0.5) is 5.69 Å². The molecule has 162 valence electrons. The van der Waals surface area contributed by atoms with Crippen molar-refractivity contribution in [2.24, 2.45) is 5.10 Å². The van der Waals surface area contributed by atoms with Crippen LogP contribution < -0.4 is 14.9 Å². The van der Waals surface area contributed by atoms with Crippen molar-refractivity contribution in [2.45, 2.75) is 6.92 Å². The Hall–Kier alpha value is -4.53. The number of amides is 1. The molecule has 32 heavy (non-hydrogen) atoms. The van der Waals surface area contributed by atoms with Gasteiger partial charge in [0, 0.05) is 12.1 Å². The molecule has 3 aromatic carbocycles. The molecule has 0 aromatic heterocycles. The van der Waals surface area contributed by atoms with Crippen molar-refractivity contribution in [2.75, 3.05) is 6.61 Å². The second-order valence-electron chi connectivity index (χ2n) is 6.61. The molecule has 3 aromatic rings. The number of carbonyl (C=O) groups excluding carboxylic acids is 2. The molecule has 0 radical (unpaired) electrons. The number of hydrogen-bond donors (Lipinski definition) is 1. The third-order valence-corrected chi connectivity index (χ3v) is 4.28. The first-order valence-corrected chi connectivity index (χ1v) is 9.49. The summed E-state index contributed by atoms with van der Waals surface area (Å²) in [5, 5.41) is 14.5. The highest BCUT2D eigenvalue weighted by Crippen LogP contribution is 2.17. The molecule has 0 heterocycles. The lowest BCUT2D eigenvalue weighted by Gasteiger charge is -2.06. The number of nitro benzene ring substituents is 1. The van der Waals surface area contributed by atoms with Gasteiger partial charge in [-0.15, -0.1) is 0 Å². The largest absolute Gasteiger partial charge is 0.484 e. The van der Waals surface area contributed by atoms with E-state index in [1.807, 2.05) is 19.1 Å². The molecular formula is C23H19N3O6. The van der Waals surface area contributed by atoms with E-state index in [9.17, 15) is 19.7 Å². The Morgan fingerprint density at radius 1 is 1.00 bits per heavy atom. The number of hydrazone groups is 1. The lowest BCUT2D eigenvalue weighted by atomic mass is 10.1. The molecule has 0 atom stereocenters. The SMILES string of the molecule is Cc1ccccc1C(=O)Oc1ccc(/C=N/NC(=O)COc2ccc([N+](=O)[O-])cc2)cc1. The van der Waals surface area contributed by atoms with Gasteiger partial charge in [-0.05, 0) is 60.5 Å². The highest BCUT2D eigenvalue weighted by Gasteiger charge is 2.10. The molecule has 0 aliphatic rings. The fourth-order valence-electron chi connectivity index (χ4n) is 2.61. The molecule has 0 aliphatic carbocycles. The van der Waals surface area contributed by atoms with Crippen molar-refractivity contribution in [3.63, 3.8) is 0 Å². The number of rotatable bonds is 8. The molecule has 0 spiro atoms. The van der Waals surface area contributed by atoms with E-state index in [0.717, 1.165) is 5.56 Å². The number of aryl methyl sites for hydroxylation is 1. The van der Waals surface area contributed by atoms with E-state index >= 15 is 0 Å². The summed E-state index contributed by atoms with van der Waals surface area (Å²) < 4.78 is 10.6. The quantitative estimate of drug-likeness (QED) is 0.190. The van der Waals surface area contributed by atoms with Crippen LogP contribution >= 0.6 is 0 Å². The maximum absolute atomic E-state index is 12.2. The Kier molecular flexibility index (Phi) is 7.26. The Labute approximate surface area is 183 Å². The summed E-state index contributed by atoms with van der Waals surface area (Å²) in [5.74, 6) is -0.227. The first-order valence-electron chi connectivity index (χ1n) is 9.49. The summed E-state index contributed by atoms with van der Waals surface area (Å²) in [4.78, 5) is 34.1. The summed E-state index contributed by atoms with van der Waals surface area (Å²) in [5.41, 5.74) is 4.25. The summed E-state index contributed by atoms with van der Waals surface area (Å²) in [6.07, 6.45) is 1.43. The number of benzene rings is 3. The molecule has 0 saturated heterocycles. The molecule has 0 bridgehead atoms. The summed E-state index contributed by atoms with van der Waals surface area (Å²) in [6, 6.07) is 19.1. The van der Waals surface area contributed by atoms with Gasteiger partial charge in [0.25, 0.3) is 11.6 Å². The van der Waals surface area contributed by atoms with Crippen molar-refractivity contribution in [1.82, 2.24) is 5.43 Å². The van der Waals surface area contributed by atoms with Crippen LogP contribution in [0.2, 0.25) is 0 Å². The zero-order valence-corrected chi connectivity index (χ0v) is 17.1. The number of nitrogens with zero attached hydrogens (tertiary/aromatic N) is 2. The van der Waals surface area contributed by atoms with Crippen LogP contribution in [0.1, 0.15) is 21.5 Å². The van der Waals surface area contributed by atoms with E-state index in [1.165, 1.54) is 30.5 Å². The van der Waals surface area contributed by atoms with Crippen molar-refractivity contribution >= 4 is 23.8 Å². The van der Waals surface area contributed by atoms with Crippen LogP contribution in [0.15, 0.2) is 77.9 Å². The first-order chi connectivity index (χ1) is 15.4. The van der Waals surface area contributed by atoms with E-state index in [1.54, 1.807) is 36.4 Å². The van der Waals surface area contributed by atoms with Gasteiger partial charge in [-0.3, -0.25) is 14.9 Å². The average Bonchev–Trinajstić information content (AvgIpc) is 2.79. The molecule has 1 N–H and O–H groups in total. The first kappa shape index (κ1) is 22.2. The zero-order valence-electron chi connectivity index (χ0n) is 17.1. The van der Waals surface area contributed by atoms with Gasteiger partial charge < -0.3 is 9.47 Å². The highest BCUT2D eigenvalue weighted by molar-refractivity contribution is 5.92. The van der Waals surface area contributed by atoms with Gasteiger partial charge in [0.15, 0.2) is 6.61 Å². The van der Waals surface area contributed by atoms with Gasteiger partial charge in [-0.1, -0.05) is 18.2 Å². The predicted octanol–water partition coefficient (Wildman–Crippen LogP) is 3.65. The minimum Gasteiger partial charge on any atom is -0.484 e. The lowest BCUT2D eigenvalue weighted by molar-refractivity contribution is -0.384. The van der Waals surface area contributed by atoms with Crippen molar-refractivity contribution in [1.29, 1.82) is 0 Å². The number of carbonyl (C=O) groups is 2. The monoisotopic (exact) mass is 433 g/mol. The third-order valence-electron chi connectivity index (χ3n) is 4.28. The van der Waals surface area contributed by atoms with Crippen molar-refractivity contribution < 1.29 is 24.0 Å². The van der Waals surface area contributed by atoms with Gasteiger partial charge in [0.2, 0.25) is 0 Å². The van der Waals surface area contributed by atoms with Crippen molar-refractivity contribution in [3.8, 4) is 11.5 Å². The second-order valence-corrected chi connectivity index (χ2v) is 6.61. The van der Waals surface area contributed by atoms with Crippen LogP contribution in [0.5, 0.6) is 11.5 Å². The van der Waals surface area contributed by atoms with Gasteiger partial charge in [0.1, 0.15) is 11.5 Å². The molecule has 9 nitrogen and oxygen atoms in total.